The molecule has 1 aromatic carbocycles. The van der Waals surface area contributed by atoms with E-state index in [9.17, 15) is 8.42 Å². The van der Waals surface area contributed by atoms with E-state index in [2.05, 4.69) is 11.6 Å². The summed E-state index contributed by atoms with van der Waals surface area (Å²) in [5, 5.41) is 9.09. The zero-order valence-corrected chi connectivity index (χ0v) is 13.3. The third kappa shape index (κ3) is 4.51. The number of benzene rings is 1. The Hall–Kier alpha value is -0.950. The normalized spacial score (nSPS) is 18.0. The van der Waals surface area contributed by atoms with Crippen molar-refractivity contribution >= 4 is 10.2 Å². The molecule has 1 heterocycles. The number of aryl methyl sites for hydroxylation is 1. The van der Waals surface area contributed by atoms with E-state index < -0.39 is 10.2 Å². The van der Waals surface area contributed by atoms with E-state index in [1.54, 1.807) is 0 Å². The lowest BCUT2D eigenvalue weighted by atomic mass is 10.00. The molecule has 0 spiro atoms. The van der Waals surface area contributed by atoms with E-state index in [0.717, 1.165) is 24.8 Å². The maximum atomic E-state index is 12.2. The number of hydrogen-bond acceptors (Lipinski definition) is 3. The molecule has 1 aliphatic rings. The molecule has 0 bridgehead atoms. The minimum atomic E-state index is -3.43. The summed E-state index contributed by atoms with van der Waals surface area (Å²) in [6, 6.07) is 7.96. The summed E-state index contributed by atoms with van der Waals surface area (Å²) >= 11 is 0. The van der Waals surface area contributed by atoms with Crippen molar-refractivity contribution in [1.82, 2.24) is 9.03 Å². The van der Waals surface area contributed by atoms with Crippen molar-refractivity contribution < 1.29 is 13.5 Å². The molecule has 21 heavy (non-hydrogen) atoms. The molecule has 0 aliphatic carbocycles. The van der Waals surface area contributed by atoms with Gasteiger partial charge >= 0.3 is 0 Å². The second-order valence-corrected chi connectivity index (χ2v) is 7.28. The Morgan fingerprint density at radius 1 is 1.19 bits per heavy atom. The molecule has 0 unspecified atom stereocenters. The molecule has 0 radical (unpaired) electrons. The highest BCUT2D eigenvalue weighted by molar-refractivity contribution is 7.87. The van der Waals surface area contributed by atoms with Crippen LogP contribution in [0, 0.1) is 5.92 Å². The third-order valence-electron chi connectivity index (χ3n) is 4.06. The molecule has 0 saturated carbocycles. The number of rotatable bonds is 6. The fraction of sp³-hybridized carbons (Fsp3) is 0.600. The quantitative estimate of drug-likeness (QED) is 0.831. The Morgan fingerprint density at radius 3 is 2.29 bits per heavy atom. The average molecular weight is 312 g/mol. The molecule has 1 fully saturated rings. The minimum absolute atomic E-state index is 0.144. The van der Waals surface area contributed by atoms with Crippen LogP contribution in [-0.2, 0) is 23.2 Å². The lowest BCUT2D eigenvalue weighted by Gasteiger charge is -2.30. The average Bonchev–Trinajstić information content (AvgIpc) is 2.53. The zero-order valence-electron chi connectivity index (χ0n) is 12.5. The zero-order chi connectivity index (χ0) is 15.3. The Morgan fingerprint density at radius 2 is 1.76 bits per heavy atom. The largest absolute Gasteiger partial charge is 0.396 e. The predicted octanol–water partition coefficient (Wildman–Crippen LogP) is 1.29. The molecular weight excluding hydrogens is 288 g/mol. The Labute approximate surface area is 127 Å². The van der Waals surface area contributed by atoms with Gasteiger partial charge in [-0.3, -0.25) is 0 Å². The van der Waals surface area contributed by atoms with Crippen molar-refractivity contribution in [1.29, 1.82) is 0 Å². The van der Waals surface area contributed by atoms with Gasteiger partial charge in [-0.2, -0.15) is 17.4 Å². The number of nitrogens with one attached hydrogen (secondary N) is 1. The maximum absolute atomic E-state index is 12.2. The van der Waals surface area contributed by atoms with Gasteiger partial charge in [0.05, 0.1) is 0 Å². The Kier molecular flexibility index (Phi) is 5.75. The van der Waals surface area contributed by atoms with E-state index in [0.29, 0.717) is 19.6 Å². The van der Waals surface area contributed by atoms with Gasteiger partial charge in [-0.1, -0.05) is 31.2 Å². The highest BCUT2D eigenvalue weighted by atomic mass is 32.2. The maximum Gasteiger partial charge on any atom is 0.279 e. The molecule has 1 aliphatic heterocycles. The van der Waals surface area contributed by atoms with Crippen LogP contribution in [0.15, 0.2) is 24.3 Å². The van der Waals surface area contributed by atoms with Gasteiger partial charge in [0.1, 0.15) is 0 Å². The summed E-state index contributed by atoms with van der Waals surface area (Å²) in [6.07, 6.45) is 2.43. The lowest BCUT2D eigenvalue weighted by Crippen LogP contribution is -2.45. The minimum Gasteiger partial charge on any atom is -0.396 e. The highest BCUT2D eigenvalue weighted by Gasteiger charge is 2.27. The summed E-state index contributed by atoms with van der Waals surface area (Å²) in [7, 11) is -3.43. The van der Waals surface area contributed by atoms with Crippen LogP contribution >= 0.6 is 0 Å². The van der Waals surface area contributed by atoms with Crippen molar-refractivity contribution in [3.05, 3.63) is 35.4 Å². The second kappa shape index (κ2) is 7.35. The van der Waals surface area contributed by atoms with Crippen LogP contribution in [0.3, 0.4) is 0 Å². The van der Waals surface area contributed by atoms with Crippen LogP contribution in [0.4, 0.5) is 0 Å². The number of piperidine rings is 1. The van der Waals surface area contributed by atoms with Crippen molar-refractivity contribution in [2.24, 2.45) is 5.92 Å². The second-order valence-electron chi connectivity index (χ2n) is 5.52. The Bertz CT molecular complexity index is 535. The first-order valence-electron chi connectivity index (χ1n) is 7.48. The summed E-state index contributed by atoms with van der Waals surface area (Å²) < 4.78 is 28.6. The summed E-state index contributed by atoms with van der Waals surface area (Å²) in [5.74, 6) is 0.234. The van der Waals surface area contributed by atoms with Gasteiger partial charge in [0, 0.05) is 26.2 Å². The smallest absolute Gasteiger partial charge is 0.279 e. The fourth-order valence-electron chi connectivity index (χ4n) is 2.49. The van der Waals surface area contributed by atoms with E-state index >= 15 is 0 Å². The Balaban J connectivity index is 1.89. The lowest BCUT2D eigenvalue weighted by molar-refractivity contribution is 0.169. The van der Waals surface area contributed by atoms with Gasteiger partial charge < -0.3 is 5.11 Å². The van der Waals surface area contributed by atoms with Crippen LogP contribution in [0.25, 0.3) is 0 Å². The van der Waals surface area contributed by atoms with E-state index in [1.807, 2.05) is 24.3 Å². The first kappa shape index (κ1) is 16.4. The molecule has 0 atom stereocenters. The highest BCUT2D eigenvalue weighted by Crippen LogP contribution is 2.18. The molecule has 2 rings (SSSR count). The molecule has 1 saturated heterocycles. The number of nitrogens with zero attached hydrogens (tertiary/aromatic N) is 1. The van der Waals surface area contributed by atoms with Crippen LogP contribution in [-0.4, -0.2) is 37.5 Å². The van der Waals surface area contributed by atoms with Gasteiger partial charge in [0.25, 0.3) is 10.2 Å². The summed E-state index contributed by atoms with van der Waals surface area (Å²) in [6.45, 7) is 3.51. The molecule has 0 amide bonds. The van der Waals surface area contributed by atoms with Gasteiger partial charge in [-0.15, -0.1) is 0 Å². The van der Waals surface area contributed by atoms with Crippen molar-refractivity contribution in [3.8, 4) is 0 Å². The van der Waals surface area contributed by atoms with Crippen LogP contribution in [0.2, 0.25) is 0 Å². The first-order chi connectivity index (χ1) is 10.0. The molecule has 0 aromatic heterocycles. The fourth-order valence-corrected chi connectivity index (χ4v) is 3.71. The summed E-state index contributed by atoms with van der Waals surface area (Å²) in [5.41, 5.74) is 2.20. The number of hydrogen-bond donors (Lipinski definition) is 2. The van der Waals surface area contributed by atoms with Gasteiger partial charge in [-0.05, 0) is 36.3 Å². The van der Waals surface area contributed by atoms with Crippen LogP contribution in [0.5, 0.6) is 0 Å². The van der Waals surface area contributed by atoms with Crippen molar-refractivity contribution in [2.45, 2.75) is 32.7 Å². The van der Waals surface area contributed by atoms with Crippen molar-refractivity contribution in [3.63, 3.8) is 0 Å². The molecule has 6 heteroatoms. The third-order valence-corrected chi connectivity index (χ3v) is 5.62. The molecule has 5 nitrogen and oxygen atoms in total. The predicted molar refractivity (Wildman–Crippen MR) is 83.0 cm³/mol. The van der Waals surface area contributed by atoms with Gasteiger partial charge in [0.15, 0.2) is 0 Å². The molecular formula is C15H24N2O3S. The van der Waals surface area contributed by atoms with E-state index in [-0.39, 0.29) is 12.5 Å². The number of aliphatic hydroxyl groups is 1. The van der Waals surface area contributed by atoms with Crippen LogP contribution in [0.1, 0.15) is 30.9 Å². The van der Waals surface area contributed by atoms with Gasteiger partial charge in [-0.25, -0.2) is 0 Å². The van der Waals surface area contributed by atoms with Crippen molar-refractivity contribution in [2.75, 3.05) is 19.7 Å². The molecule has 118 valence electrons. The van der Waals surface area contributed by atoms with E-state index in [1.165, 1.54) is 9.87 Å². The van der Waals surface area contributed by atoms with Crippen LogP contribution < -0.4 is 4.72 Å². The standard InChI is InChI=1S/C15H24N2O3S/c1-2-13-3-5-14(6-4-13)11-16-21(19,20)17-9-7-15(12-18)8-10-17/h3-6,15-16,18H,2,7-12H2,1H3. The monoisotopic (exact) mass is 312 g/mol. The first-order valence-corrected chi connectivity index (χ1v) is 8.92. The number of aliphatic hydroxyl groups excluding tert-OH is 1. The SMILES string of the molecule is CCc1ccc(CNS(=O)(=O)N2CCC(CO)CC2)cc1. The van der Waals surface area contributed by atoms with E-state index in [4.69, 9.17) is 5.11 Å². The molecule has 2 N–H and O–H groups in total. The summed E-state index contributed by atoms with van der Waals surface area (Å²) in [4.78, 5) is 0. The molecule has 1 aromatic rings. The topological polar surface area (TPSA) is 69.6 Å². The van der Waals surface area contributed by atoms with Gasteiger partial charge in [0.2, 0.25) is 0 Å².